The molecule has 0 rings (SSSR count). The van der Waals surface area contributed by atoms with Gasteiger partial charge in [-0.15, -0.1) is 0 Å². The Kier molecular flexibility index (Phi) is 6.49. The van der Waals surface area contributed by atoms with Gasteiger partial charge in [-0.2, -0.15) is 0 Å². The summed E-state index contributed by atoms with van der Waals surface area (Å²) in [6.45, 7) is 10.8. The van der Waals surface area contributed by atoms with Gasteiger partial charge in [-0.3, -0.25) is 4.79 Å². The molecule has 0 spiro atoms. The molecule has 1 unspecified atom stereocenters. The Hall–Kier alpha value is -0.610. The molecule has 0 aliphatic heterocycles. The zero-order valence-electron chi connectivity index (χ0n) is 9.71. The second-order valence-corrected chi connectivity index (χ2v) is 3.68. The molecule has 0 heterocycles. The van der Waals surface area contributed by atoms with E-state index in [1.807, 2.05) is 6.92 Å². The van der Waals surface area contributed by atoms with Crippen molar-refractivity contribution in [3.8, 4) is 0 Å². The Morgan fingerprint density at radius 2 is 1.86 bits per heavy atom. The van der Waals surface area contributed by atoms with E-state index in [1.165, 1.54) is 0 Å². The molecular formula is C10H23N3O. The van der Waals surface area contributed by atoms with Gasteiger partial charge in [0.2, 0.25) is 5.91 Å². The van der Waals surface area contributed by atoms with Crippen molar-refractivity contribution in [3.05, 3.63) is 0 Å². The van der Waals surface area contributed by atoms with Gasteiger partial charge in [-0.1, -0.05) is 13.8 Å². The van der Waals surface area contributed by atoms with Crippen molar-refractivity contribution in [2.24, 2.45) is 5.73 Å². The van der Waals surface area contributed by atoms with E-state index in [4.69, 9.17) is 5.73 Å². The molecule has 84 valence electrons. The summed E-state index contributed by atoms with van der Waals surface area (Å²) in [6.07, 6.45) is 0. The van der Waals surface area contributed by atoms with Crippen LogP contribution in [-0.2, 0) is 4.79 Å². The number of carbonyl (C=O) groups is 1. The summed E-state index contributed by atoms with van der Waals surface area (Å²) < 4.78 is 0. The highest BCUT2D eigenvalue weighted by Gasteiger charge is 2.12. The lowest BCUT2D eigenvalue weighted by molar-refractivity contribution is -0.122. The first-order chi connectivity index (χ1) is 6.51. The minimum Gasteiger partial charge on any atom is -0.351 e. The number of carbonyl (C=O) groups excluding carboxylic acids is 1. The van der Waals surface area contributed by atoms with Gasteiger partial charge in [0.15, 0.2) is 0 Å². The third kappa shape index (κ3) is 5.19. The van der Waals surface area contributed by atoms with Crippen molar-refractivity contribution < 1.29 is 4.79 Å². The molecule has 0 saturated carbocycles. The fraction of sp³-hybridized carbons (Fsp3) is 0.900. The van der Waals surface area contributed by atoms with Gasteiger partial charge in [-0.25, -0.2) is 0 Å². The summed E-state index contributed by atoms with van der Waals surface area (Å²) in [5, 5.41) is 2.87. The molecule has 4 heteroatoms. The summed E-state index contributed by atoms with van der Waals surface area (Å²) >= 11 is 0. The smallest absolute Gasteiger partial charge is 0.236 e. The van der Waals surface area contributed by atoms with Gasteiger partial charge >= 0.3 is 0 Å². The lowest BCUT2D eigenvalue weighted by atomic mass is 10.2. The van der Waals surface area contributed by atoms with E-state index in [2.05, 4.69) is 24.1 Å². The normalized spacial score (nSPS) is 15.3. The average Bonchev–Trinajstić information content (AvgIpc) is 2.13. The first-order valence-electron chi connectivity index (χ1n) is 5.29. The second-order valence-electron chi connectivity index (χ2n) is 3.68. The molecule has 1 amide bonds. The zero-order valence-corrected chi connectivity index (χ0v) is 9.71. The average molecular weight is 201 g/mol. The van der Waals surface area contributed by atoms with Crippen molar-refractivity contribution in [2.45, 2.75) is 39.8 Å². The van der Waals surface area contributed by atoms with E-state index in [0.29, 0.717) is 0 Å². The number of nitrogens with zero attached hydrogens (tertiary/aromatic N) is 1. The molecule has 0 aromatic rings. The monoisotopic (exact) mass is 201 g/mol. The molecule has 0 aliphatic carbocycles. The van der Waals surface area contributed by atoms with Crippen LogP contribution < -0.4 is 11.1 Å². The van der Waals surface area contributed by atoms with Gasteiger partial charge in [0, 0.05) is 12.6 Å². The van der Waals surface area contributed by atoms with Crippen molar-refractivity contribution in [3.63, 3.8) is 0 Å². The molecule has 0 aromatic carbocycles. The number of nitrogens with one attached hydrogen (secondary N) is 1. The molecule has 0 saturated heterocycles. The first kappa shape index (κ1) is 13.4. The summed E-state index contributed by atoms with van der Waals surface area (Å²) in [7, 11) is 0. The van der Waals surface area contributed by atoms with Gasteiger partial charge in [-0.05, 0) is 26.9 Å². The molecule has 0 radical (unpaired) electrons. The highest BCUT2D eigenvalue weighted by Crippen LogP contribution is 1.92. The summed E-state index contributed by atoms with van der Waals surface area (Å²) in [4.78, 5) is 13.5. The predicted octanol–water partition coefficient (Wildman–Crippen LogP) is 0.180. The van der Waals surface area contributed by atoms with E-state index in [0.717, 1.165) is 19.6 Å². The Balaban J connectivity index is 3.84. The Bertz CT molecular complexity index is 167. The Morgan fingerprint density at radius 1 is 1.36 bits per heavy atom. The van der Waals surface area contributed by atoms with Crippen LogP contribution in [0.3, 0.4) is 0 Å². The van der Waals surface area contributed by atoms with Crippen LogP contribution >= 0.6 is 0 Å². The lowest BCUT2D eigenvalue weighted by Crippen LogP contribution is -2.47. The van der Waals surface area contributed by atoms with E-state index < -0.39 is 6.04 Å². The highest BCUT2D eigenvalue weighted by atomic mass is 16.2. The maximum atomic E-state index is 11.3. The minimum absolute atomic E-state index is 0.0790. The number of hydrogen-bond donors (Lipinski definition) is 2. The van der Waals surface area contributed by atoms with Crippen LogP contribution in [0.25, 0.3) is 0 Å². The highest BCUT2D eigenvalue weighted by molar-refractivity contribution is 5.81. The van der Waals surface area contributed by atoms with Crippen molar-refractivity contribution in [2.75, 3.05) is 19.6 Å². The number of hydrogen-bond acceptors (Lipinski definition) is 3. The SMILES string of the molecule is CCN(CC)CC(C)NC(=O)[C@@H](C)N. The summed E-state index contributed by atoms with van der Waals surface area (Å²) in [5.41, 5.74) is 5.45. The van der Waals surface area contributed by atoms with Crippen LogP contribution in [0.4, 0.5) is 0 Å². The van der Waals surface area contributed by atoms with E-state index in [9.17, 15) is 4.79 Å². The molecule has 0 bridgehead atoms. The van der Waals surface area contributed by atoms with Crippen LogP contribution in [0, 0.1) is 0 Å². The molecule has 0 aliphatic rings. The fourth-order valence-corrected chi connectivity index (χ4v) is 1.29. The van der Waals surface area contributed by atoms with Crippen molar-refractivity contribution in [1.29, 1.82) is 0 Å². The van der Waals surface area contributed by atoms with E-state index in [1.54, 1.807) is 6.92 Å². The lowest BCUT2D eigenvalue weighted by Gasteiger charge is -2.23. The van der Waals surface area contributed by atoms with Crippen molar-refractivity contribution in [1.82, 2.24) is 10.2 Å². The van der Waals surface area contributed by atoms with Crippen LogP contribution in [0.1, 0.15) is 27.7 Å². The molecule has 0 fully saturated rings. The number of amides is 1. The Labute approximate surface area is 86.8 Å². The minimum atomic E-state index is -0.422. The predicted molar refractivity (Wildman–Crippen MR) is 59.0 cm³/mol. The molecule has 14 heavy (non-hydrogen) atoms. The van der Waals surface area contributed by atoms with E-state index in [-0.39, 0.29) is 11.9 Å². The van der Waals surface area contributed by atoms with Gasteiger partial charge in [0.25, 0.3) is 0 Å². The molecule has 3 N–H and O–H groups in total. The molecular weight excluding hydrogens is 178 g/mol. The van der Waals surface area contributed by atoms with Crippen LogP contribution in [0.5, 0.6) is 0 Å². The van der Waals surface area contributed by atoms with Crippen LogP contribution in [0.15, 0.2) is 0 Å². The summed E-state index contributed by atoms with van der Waals surface area (Å²) in [5.74, 6) is -0.0790. The summed E-state index contributed by atoms with van der Waals surface area (Å²) in [6, 6.07) is -0.262. The maximum absolute atomic E-state index is 11.3. The quantitative estimate of drug-likeness (QED) is 0.644. The fourth-order valence-electron chi connectivity index (χ4n) is 1.29. The first-order valence-corrected chi connectivity index (χ1v) is 5.29. The van der Waals surface area contributed by atoms with Crippen molar-refractivity contribution >= 4 is 5.91 Å². The number of nitrogens with two attached hydrogens (primary N) is 1. The van der Waals surface area contributed by atoms with Crippen LogP contribution in [0.2, 0.25) is 0 Å². The largest absolute Gasteiger partial charge is 0.351 e. The number of likely N-dealkylation sites (N-methyl/N-ethyl adjacent to an activating group) is 1. The molecule has 0 aromatic heterocycles. The maximum Gasteiger partial charge on any atom is 0.236 e. The zero-order chi connectivity index (χ0) is 11.1. The third-order valence-corrected chi connectivity index (χ3v) is 2.23. The van der Waals surface area contributed by atoms with Gasteiger partial charge in [0.1, 0.15) is 0 Å². The topological polar surface area (TPSA) is 58.4 Å². The molecule has 4 nitrogen and oxygen atoms in total. The standard InChI is InChI=1S/C10H23N3O/c1-5-13(6-2)7-8(3)12-10(14)9(4)11/h8-9H,5-7,11H2,1-4H3,(H,12,14)/t8?,9-/m1/s1. The molecule has 2 atom stereocenters. The van der Waals surface area contributed by atoms with Crippen LogP contribution in [-0.4, -0.2) is 42.5 Å². The Morgan fingerprint density at radius 3 is 2.21 bits per heavy atom. The van der Waals surface area contributed by atoms with Gasteiger partial charge in [0.05, 0.1) is 6.04 Å². The third-order valence-electron chi connectivity index (χ3n) is 2.23. The van der Waals surface area contributed by atoms with Gasteiger partial charge < -0.3 is 16.0 Å². The van der Waals surface area contributed by atoms with E-state index >= 15 is 0 Å². The second kappa shape index (κ2) is 6.79. The number of rotatable bonds is 6.